The second-order valence-corrected chi connectivity index (χ2v) is 9.47. The van der Waals surface area contributed by atoms with Gasteiger partial charge in [0, 0.05) is 0 Å². The average Bonchev–Trinajstić information content (AvgIpc) is 3.04. The zero-order valence-electron chi connectivity index (χ0n) is 30.8. The van der Waals surface area contributed by atoms with Crippen molar-refractivity contribution in [2.75, 3.05) is 31.7 Å². The van der Waals surface area contributed by atoms with Crippen LogP contribution in [0.15, 0.2) is 36.4 Å². The van der Waals surface area contributed by atoms with Crippen LogP contribution in [0, 0.1) is 13.8 Å². The molecule has 0 spiro atoms. The minimum Gasteiger partial charge on any atom is -0.493 e. The highest BCUT2D eigenvalue weighted by atomic mass is 35.5. The first-order chi connectivity index (χ1) is 23.4. The number of amides is 3. The number of carboxylic acid groups (broad SMARTS) is 1. The Morgan fingerprint density at radius 1 is 0.976 bits per heavy atom. The first-order valence-electron chi connectivity index (χ1n) is 16.4. The van der Waals surface area contributed by atoms with Crippen molar-refractivity contribution in [1.29, 1.82) is 0 Å². The van der Waals surface area contributed by atoms with Crippen LogP contribution in [-0.4, -0.2) is 56.0 Å². The van der Waals surface area contributed by atoms with Gasteiger partial charge in [-0.2, -0.15) is 0 Å². The van der Waals surface area contributed by atoms with E-state index in [-0.39, 0.29) is 28.4 Å². The molecule has 0 aromatic heterocycles. The van der Waals surface area contributed by atoms with Crippen molar-refractivity contribution in [3.05, 3.63) is 63.7 Å². The van der Waals surface area contributed by atoms with Gasteiger partial charge in [-0.25, -0.2) is 0 Å². The van der Waals surface area contributed by atoms with E-state index in [1.807, 2.05) is 6.07 Å². The predicted molar refractivity (Wildman–Crippen MR) is 154 cm³/mol. The summed E-state index contributed by atoms with van der Waals surface area (Å²) in [5.74, 6) is -7.35. The highest BCUT2D eigenvalue weighted by molar-refractivity contribution is 6.36. The second kappa shape index (κ2) is 12.3. The number of hydrogen-bond acceptors (Lipinski definition) is 8. The van der Waals surface area contributed by atoms with E-state index in [0.717, 1.165) is 23.3 Å². The van der Waals surface area contributed by atoms with Gasteiger partial charge in [-0.15, -0.1) is 0 Å². The highest BCUT2D eigenvalue weighted by Crippen LogP contribution is 2.45. The third-order valence-corrected chi connectivity index (χ3v) is 6.37. The normalized spacial score (nSPS) is 18.2. The van der Waals surface area contributed by atoms with Crippen molar-refractivity contribution in [3.8, 4) is 28.7 Å². The topological polar surface area (TPSA) is 162 Å². The largest absolute Gasteiger partial charge is 0.493 e. The maximum atomic E-state index is 13.9. The van der Waals surface area contributed by atoms with Gasteiger partial charge in [0.05, 0.1) is 67.4 Å². The Morgan fingerprint density at radius 2 is 1.67 bits per heavy atom. The Hall–Kier alpha value is -4.97. The summed E-state index contributed by atoms with van der Waals surface area (Å²) in [6, 6.07) is 6.59. The number of carboxylic acids is 1. The molecule has 3 aromatic carbocycles. The lowest BCUT2D eigenvalue weighted by Gasteiger charge is -2.18. The van der Waals surface area contributed by atoms with Crippen LogP contribution in [0.5, 0.6) is 28.7 Å². The van der Waals surface area contributed by atoms with E-state index < -0.39 is 85.1 Å². The number of rotatable bonds is 9. The van der Waals surface area contributed by atoms with Crippen LogP contribution in [0.3, 0.4) is 0 Å². The van der Waals surface area contributed by atoms with Crippen LogP contribution >= 0.6 is 11.6 Å². The van der Waals surface area contributed by atoms with Crippen LogP contribution in [0.2, 0.25) is 5.02 Å². The monoisotopic (exact) mass is 606 g/mol. The minimum atomic E-state index is -3.33. The fourth-order valence-electron chi connectivity index (χ4n) is 4.22. The molecule has 0 unspecified atom stereocenters. The Labute approximate surface area is 258 Å². The fraction of sp³-hybridized carbons (Fsp3) is 0.241. The van der Waals surface area contributed by atoms with Crippen molar-refractivity contribution in [1.82, 2.24) is 5.32 Å². The molecule has 4 N–H and O–H groups in total. The lowest BCUT2D eigenvalue weighted by Crippen LogP contribution is -2.42. The maximum Gasteiger partial charge on any atom is 0.305 e. The third kappa shape index (κ3) is 6.18. The van der Waals surface area contributed by atoms with Crippen LogP contribution in [-0.2, 0) is 9.59 Å². The molecule has 3 aromatic rings. The number of halogens is 1. The van der Waals surface area contributed by atoms with Crippen molar-refractivity contribution in [3.63, 3.8) is 0 Å². The average molecular weight is 607 g/mol. The number of carbonyl (C=O) groups excluding carboxylic acids is 3. The third-order valence-electron chi connectivity index (χ3n) is 5.99. The molecule has 0 saturated carbocycles. The van der Waals surface area contributed by atoms with Gasteiger partial charge in [0.1, 0.15) is 11.8 Å². The first-order valence-corrected chi connectivity index (χ1v) is 12.3. The summed E-state index contributed by atoms with van der Waals surface area (Å²) in [5.41, 5.74) is 0.253. The SMILES string of the molecule is [2H]C([2H])([2H])Oc1cc(C(=O)Nc2cc3c(cc2Oc2cc(C)cc(C)c2)C(=O)N[C@@H](CC(=O)O)C(=O)N3)c(Cl)c(OC([2H])([2H])[2H])c1OC([2H])([2H])[2H]. The number of fused-ring (bicyclic) bond motifs is 1. The van der Waals surface area contributed by atoms with E-state index in [4.69, 9.17) is 42.9 Å². The van der Waals surface area contributed by atoms with Crippen LogP contribution in [0.1, 0.15) is 50.6 Å². The molecule has 13 heteroatoms. The van der Waals surface area contributed by atoms with E-state index in [1.54, 1.807) is 26.0 Å². The number of anilines is 2. The molecule has 0 aliphatic carbocycles. The molecule has 0 fully saturated rings. The zero-order valence-corrected chi connectivity index (χ0v) is 22.6. The summed E-state index contributed by atoms with van der Waals surface area (Å²) in [6.45, 7) is 3.56. The Morgan fingerprint density at radius 3 is 2.33 bits per heavy atom. The molecule has 0 bridgehead atoms. The van der Waals surface area contributed by atoms with Crippen molar-refractivity contribution in [2.24, 2.45) is 0 Å². The standard InChI is InChI=1S/C29H28ClN3O9/c1-13-6-14(2)8-15(7-13)42-21-9-16-18(31-29(38)20(12-23(34)35)33-27(16)36)11-19(21)32-28(37)17-10-22(39-3)25(40-4)26(41-5)24(17)30/h6-11,20H,12H2,1-5H3,(H,31,38)(H,32,37)(H,33,36)(H,34,35)/t20-/m0/s1/i3D3,4D3,5D3. The molecular weight excluding hydrogens is 570 g/mol. The molecule has 4 rings (SSSR count). The molecular formula is C29H28ClN3O9. The number of benzene rings is 3. The Balaban J connectivity index is 1.90. The van der Waals surface area contributed by atoms with Crippen molar-refractivity contribution < 1.29 is 55.6 Å². The Kier molecular flexibility index (Phi) is 5.84. The number of hydrogen-bond donors (Lipinski definition) is 4. The summed E-state index contributed by atoms with van der Waals surface area (Å²) in [5, 5.41) is 15.6. The number of aryl methyl sites for hydroxylation is 2. The van der Waals surface area contributed by atoms with Gasteiger partial charge in [-0.05, 0) is 55.3 Å². The number of aliphatic carboxylic acids is 1. The smallest absolute Gasteiger partial charge is 0.305 e. The summed E-state index contributed by atoms with van der Waals surface area (Å²) in [7, 11) is -9.92. The van der Waals surface area contributed by atoms with E-state index in [0.29, 0.717) is 6.07 Å². The van der Waals surface area contributed by atoms with Gasteiger partial charge in [0.15, 0.2) is 17.2 Å². The lowest BCUT2D eigenvalue weighted by molar-refractivity contribution is -0.139. The summed E-state index contributed by atoms with van der Waals surface area (Å²) < 4.78 is 88.3. The second-order valence-electron chi connectivity index (χ2n) is 9.09. The van der Waals surface area contributed by atoms with Crippen molar-refractivity contribution in [2.45, 2.75) is 26.3 Å². The molecule has 1 aliphatic heterocycles. The van der Waals surface area contributed by atoms with Crippen LogP contribution in [0.25, 0.3) is 0 Å². The first kappa shape index (κ1) is 20.0. The fourth-order valence-corrected chi connectivity index (χ4v) is 4.49. The molecule has 42 heavy (non-hydrogen) atoms. The molecule has 12 nitrogen and oxygen atoms in total. The Bertz CT molecular complexity index is 1890. The van der Waals surface area contributed by atoms with E-state index >= 15 is 0 Å². The number of nitrogens with one attached hydrogen (secondary N) is 3. The highest BCUT2D eigenvalue weighted by Gasteiger charge is 2.31. The van der Waals surface area contributed by atoms with Gasteiger partial charge in [-0.1, -0.05) is 17.7 Å². The van der Waals surface area contributed by atoms with Gasteiger partial charge in [-0.3, -0.25) is 19.2 Å². The van der Waals surface area contributed by atoms with Crippen molar-refractivity contribution >= 4 is 46.7 Å². The zero-order chi connectivity index (χ0) is 38.2. The van der Waals surface area contributed by atoms with Crippen LogP contribution < -0.4 is 34.9 Å². The molecule has 1 heterocycles. The number of ether oxygens (including phenoxy) is 4. The predicted octanol–water partition coefficient (Wildman–Crippen LogP) is 4.55. The molecule has 220 valence electrons. The van der Waals surface area contributed by atoms with E-state index in [1.165, 1.54) is 0 Å². The molecule has 1 atom stereocenters. The summed E-state index contributed by atoms with van der Waals surface area (Å²) in [6.07, 6.45) is -0.748. The molecule has 0 saturated heterocycles. The van der Waals surface area contributed by atoms with Gasteiger partial charge in [0.25, 0.3) is 11.8 Å². The lowest BCUT2D eigenvalue weighted by atomic mass is 10.1. The maximum absolute atomic E-state index is 13.9. The minimum absolute atomic E-state index is 0.181. The van der Waals surface area contributed by atoms with Crippen LogP contribution in [0.4, 0.5) is 11.4 Å². The van der Waals surface area contributed by atoms with E-state index in [9.17, 15) is 24.3 Å². The number of carbonyl (C=O) groups is 4. The molecule has 3 amide bonds. The summed E-state index contributed by atoms with van der Waals surface area (Å²) >= 11 is 6.41. The van der Waals surface area contributed by atoms with Gasteiger partial charge in [0.2, 0.25) is 11.7 Å². The van der Waals surface area contributed by atoms with E-state index in [2.05, 4.69) is 16.0 Å². The van der Waals surface area contributed by atoms with Gasteiger partial charge < -0.3 is 40.0 Å². The molecule has 1 aliphatic rings. The van der Waals surface area contributed by atoms with Gasteiger partial charge >= 0.3 is 5.97 Å². The molecule has 0 radical (unpaired) electrons. The quantitative estimate of drug-likeness (QED) is 0.274. The summed E-state index contributed by atoms with van der Waals surface area (Å²) in [4.78, 5) is 51.2. The number of methoxy groups -OCH3 is 3.